The second-order valence-corrected chi connectivity index (χ2v) is 6.34. The molecule has 8 nitrogen and oxygen atoms in total. The summed E-state index contributed by atoms with van der Waals surface area (Å²) < 4.78 is 5.03. The van der Waals surface area contributed by atoms with Crippen LogP contribution in [0.3, 0.4) is 0 Å². The summed E-state index contributed by atoms with van der Waals surface area (Å²) in [4.78, 5) is 20.0. The van der Waals surface area contributed by atoms with Crippen LogP contribution in [0.1, 0.15) is 12.5 Å². The van der Waals surface area contributed by atoms with E-state index in [1.165, 1.54) is 0 Å². The van der Waals surface area contributed by atoms with E-state index in [0.29, 0.717) is 49.6 Å². The van der Waals surface area contributed by atoms with Gasteiger partial charge in [-0.05, 0) is 37.6 Å². The Balaban J connectivity index is 1.65. The highest BCUT2D eigenvalue weighted by Crippen LogP contribution is 2.23. The van der Waals surface area contributed by atoms with Crippen molar-refractivity contribution < 1.29 is 9.53 Å². The maximum absolute atomic E-state index is 11.8. The molecule has 1 aliphatic rings. The normalized spacial score (nSPS) is 14.3. The number of piperazine rings is 1. The molecule has 1 amide bonds. The van der Waals surface area contributed by atoms with Gasteiger partial charge in [0, 0.05) is 36.9 Å². The number of nitrogens with zero attached hydrogens (tertiary/aromatic N) is 5. The molecule has 0 radical (unpaired) electrons. The predicted molar refractivity (Wildman–Crippen MR) is 100 cm³/mol. The molecule has 26 heavy (non-hydrogen) atoms. The van der Waals surface area contributed by atoms with Gasteiger partial charge in [0.25, 0.3) is 0 Å². The number of benzene rings is 1. The van der Waals surface area contributed by atoms with Crippen LogP contribution in [0, 0.1) is 6.92 Å². The molecule has 1 aromatic carbocycles. The van der Waals surface area contributed by atoms with Crippen LogP contribution in [0.5, 0.6) is 0 Å². The first-order valence-electron chi connectivity index (χ1n) is 8.46. The number of ether oxygens (including phenoxy) is 1. The maximum atomic E-state index is 11.8. The molecule has 2 heterocycles. The topological polar surface area (TPSA) is 83.5 Å². The van der Waals surface area contributed by atoms with Crippen molar-refractivity contribution in [1.82, 2.24) is 20.1 Å². The SMILES string of the molecule is CCOC(=O)N1CCN(c2nncc(Nc3ccc(Cl)cc3C)n2)CC1. The molecule has 1 aromatic heterocycles. The van der Waals surface area contributed by atoms with Gasteiger partial charge in [-0.25, -0.2) is 4.79 Å². The Kier molecular flexibility index (Phi) is 5.72. The maximum Gasteiger partial charge on any atom is 0.409 e. The molecule has 1 saturated heterocycles. The standard InChI is InChI=1S/C17H21ClN6O2/c1-3-26-17(25)24-8-6-23(7-9-24)16-21-15(11-19-22-16)20-14-5-4-13(18)10-12(14)2/h4-5,10-11H,3,6-9H2,1-2H3,(H,20,21,22). The van der Waals surface area contributed by atoms with Crippen LogP contribution in [-0.4, -0.2) is 59.0 Å². The summed E-state index contributed by atoms with van der Waals surface area (Å²) in [6, 6.07) is 5.60. The van der Waals surface area contributed by atoms with Gasteiger partial charge in [0.2, 0.25) is 5.95 Å². The first kappa shape index (κ1) is 18.2. The molecule has 0 saturated carbocycles. The summed E-state index contributed by atoms with van der Waals surface area (Å²) in [5.41, 5.74) is 1.92. The molecule has 1 aliphatic heterocycles. The van der Waals surface area contributed by atoms with Crippen LogP contribution in [0.4, 0.5) is 22.2 Å². The summed E-state index contributed by atoms with van der Waals surface area (Å²) in [6.07, 6.45) is 1.30. The molecule has 0 atom stereocenters. The summed E-state index contributed by atoms with van der Waals surface area (Å²) in [7, 11) is 0. The van der Waals surface area contributed by atoms with E-state index in [4.69, 9.17) is 16.3 Å². The van der Waals surface area contributed by atoms with Crippen molar-refractivity contribution in [2.75, 3.05) is 43.0 Å². The fourth-order valence-electron chi connectivity index (χ4n) is 2.70. The van der Waals surface area contributed by atoms with Crippen molar-refractivity contribution in [2.24, 2.45) is 0 Å². The lowest BCUT2D eigenvalue weighted by Crippen LogP contribution is -2.49. The van der Waals surface area contributed by atoms with Crippen LogP contribution in [0.25, 0.3) is 0 Å². The fraction of sp³-hybridized carbons (Fsp3) is 0.412. The van der Waals surface area contributed by atoms with E-state index in [-0.39, 0.29) is 6.09 Å². The first-order chi connectivity index (χ1) is 12.6. The lowest BCUT2D eigenvalue weighted by Gasteiger charge is -2.33. The van der Waals surface area contributed by atoms with Crippen molar-refractivity contribution in [3.63, 3.8) is 0 Å². The number of nitrogens with one attached hydrogen (secondary N) is 1. The molecular weight excluding hydrogens is 356 g/mol. The van der Waals surface area contributed by atoms with E-state index >= 15 is 0 Å². The summed E-state index contributed by atoms with van der Waals surface area (Å²) in [5.74, 6) is 1.14. The number of carbonyl (C=O) groups excluding carboxylic acids is 1. The molecular formula is C17H21ClN6O2. The van der Waals surface area contributed by atoms with Gasteiger partial charge in [0.05, 0.1) is 12.8 Å². The molecule has 0 bridgehead atoms. The third-order valence-electron chi connectivity index (χ3n) is 4.09. The van der Waals surface area contributed by atoms with Gasteiger partial charge in [0.1, 0.15) is 0 Å². The second-order valence-electron chi connectivity index (χ2n) is 5.90. The van der Waals surface area contributed by atoms with Gasteiger partial charge in [-0.3, -0.25) is 0 Å². The monoisotopic (exact) mass is 376 g/mol. The second kappa shape index (κ2) is 8.18. The number of amides is 1. The van der Waals surface area contributed by atoms with Crippen molar-refractivity contribution in [2.45, 2.75) is 13.8 Å². The molecule has 1 fully saturated rings. The molecule has 0 unspecified atom stereocenters. The number of aromatic nitrogens is 3. The zero-order chi connectivity index (χ0) is 18.5. The Morgan fingerprint density at radius 3 is 2.77 bits per heavy atom. The minimum atomic E-state index is -0.278. The van der Waals surface area contributed by atoms with Gasteiger partial charge in [-0.15, -0.1) is 5.10 Å². The molecule has 3 rings (SSSR count). The minimum Gasteiger partial charge on any atom is -0.450 e. The zero-order valence-corrected chi connectivity index (χ0v) is 15.5. The number of anilines is 3. The van der Waals surface area contributed by atoms with Gasteiger partial charge in [-0.2, -0.15) is 10.1 Å². The highest BCUT2D eigenvalue weighted by Gasteiger charge is 2.23. The molecule has 9 heteroatoms. The number of hydrogen-bond acceptors (Lipinski definition) is 7. The largest absolute Gasteiger partial charge is 0.450 e. The number of halogens is 1. The van der Waals surface area contributed by atoms with Gasteiger partial charge < -0.3 is 19.9 Å². The number of aryl methyl sites for hydroxylation is 1. The van der Waals surface area contributed by atoms with E-state index in [1.807, 2.05) is 30.0 Å². The zero-order valence-electron chi connectivity index (χ0n) is 14.8. The molecule has 1 N–H and O–H groups in total. The van der Waals surface area contributed by atoms with Crippen molar-refractivity contribution in [1.29, 1.82) is 0 Å². The fourth-order valence-corrected chi connectivity index (χ4v) is 2.92. The molecule has 0 aliphatic carbocycles. The summed E-state index contributed by atoms with van der Waals surface area (Å²) in [5, 5.41) is 12.1. The van der Waals surface area contributed by atoms with Gasteiger partial charge in [0.15, 0.2) is 5.82 Å². The Labute approximate surface area is 157 Å². The lowest BCUT2D eigenvalue weighted by molar-refractivity contribution is 0.105. The third-order valence-corrected chi connectivity index (χ3v) is 4.32. The Bertz CT molecular complexity index is 780. The molecule has 138 valence electrons. The van der Waals surface area contributed by atoms with Crippen LogP contribution in [-0.2, 0) is 4.74 Å². The average Bonchev–Trinajstić information content (AvgIpc) is 2.65. The quantitative estimate of drug-likeness (QED) is 0.878. The van der Waals surface area contributed by atoms with Crippen LogP contribution in [0.2, 0.25) is 5.02 Å². The summed E-state index contributed by atoms with van der Waals surface area (Å²) >= 11 is 5.99. The van der Waals surface area contributed by atoms with E-state index in [9.17, 15) is 4.79 Å². The van der Waals surface area contributed by atoms with E-state index < -0.39 is 0 Å². The van der Waals surface area contributed by atoms with Crippen molar-refractivity contribution >= 4 is 35.1 Å². The van der Waals surface area contributed by atoms with Crippen molar-refractivity contribution in [3.8, 4) is 0 Å². The lowest BCUT2D eigenvalue weighted by atomic mass is 10.2. The van der Waals surface area contributed by atoms with E-state index in [2.05, 4.69) is 20.5 Å². The average molecular weight is 377 g/mol. The molecule has 0 spiro atoms. The number of hydrogen-bond donors (Lipinski definition) is 1. The Morgan fingerprint density at radius 2 is 2.08 bits per heavy atom. The predicted octanol–water partition coefficient (Wildman–Crippen LogP) is 2.86. The number of carbonyl (C=O) groups is 1. The Hall–Kier alpha value is -2.61. The number of rotatable bonds is 4. The van der Waals surface area contributed by atoms with Gasteiger partial charge in [-0.1, -0.05) is 11.6 Å². The van der Waals surface area contributed by atoms with E-state index in [1.54, 1.807) is 18.0 Å². The smallest absolute Gasteiger partial charge is 0.409 e. The van der Waals surface area contributed by atoms with Crippen LogP contribution >= 0.6 is 11.6 Å². The van der Waals surface area contributed by atoms with Gasteiger partial charge >= 0.3 is 6.09 Å². The van der Waals surface area contributed by atoms with E-state index in [0.717, 1.165) is 11.3 Å². The van der Waals surface area contributed by atoms with Crippen LogP contribution < -0.4 is 10.2 Å². The molecule has 2 aromatic rings. The highest BCUT2D eigenvalue weighted by atomic mass is 35.5. The van der Waals surface area contributed by atoms with Crippen LogP contribution in [0.15, 0.2) is 24.4 Å². The minimum absolute atomic E-state index is 0.278. The Morgan fingerprint density at radius 1 is 1.31 bits per heavy atom. The first-order valence-corrected chi connectivity index (χ1v) is 8.84. The van der Waals surface area contributed by atoms with Crippen molar-refractivity contribution in [3.05, 3.63) is 35.0 Å². The highest BCUT2D eigenvalue weighted by molar-refractivity contribution is 6.30. The third kappa shape index (κ3) is 4.32. The summed E-state index contributed by atoms with van der Waals surface area (Å²) in [6.45, 7) is 6.54.